The number of rotatable bonds is 5. The molecule has 0 aliphatic rings. The zero-order chi connectivity index (χ0) is 13.9. The first-order chi connectivity index (χ1) is 9.74. The Bertz CT molecular complexity index is 673. The summed E-state index contributed by atoms with van der Waals surface area (Å²) in [4.78, 5) is 9.84. The number of aromatic nitrogens is 4. The molecule has 7 heteroatoms. The van der Waals surface area contributed by atoms with E-state index in [4.69, 9.17) is 4.52 Å². The van der Waals surface area contributed by atoms with Gasteiger partial charge in [-0.05, 0) is 18.4 Å². The van der Waals surface area contributed by atoms with E-state index in [1.807, 2.05) is 30.8 Å². The van der Waals surface area contributed by atoms with Gasteiger partial charge >= 0.3 is 0 Å². The Morgan fingerprint density at radius 1 is 1.50 bits per heavy atom. The molecule has 0 amide bonds. The zero-order valence-corrected chi connectivity index (χ0v) is 12.1. The second-order valence-electron chi connectivity index (χ2n) is 4.46. The van der Waals surface area contributed by atoms with E-state index >= 15 is 0 Å². The van der Waals surface area contributed by atoms with Crippen LogP contribution in [0.1, 0.15) is 28.5 Å². The molecule has 0 spiro atoms. The normalized spacial score (nSPS) is 12.7. The number of nitrogens with zero attached hydrogens (tertiary/aromatic N) is 4. The second-order valence-corrected chi connectivity index (χ2v) is 5.44. The van der Waals surface area contributed by atoms with Gasteiger partial charge < -0.3 is 9.09 Å². The molecule has 0 saturated carbocycles. The van der Waals surface area contributed by atoms with Crippen LogP contribution in [0.5, 0.6) is 0 Å². The molecular formula is C13H15N5OS. The lowest BCUT2D eigenvalue weighted by Gasteiger charge is -2.16. The molecule has 0 aromatic carbocycles. The fourth-order valence-electron chi connectivity index (χ4n) is 2.03. The number of nitrogens with one attached hydrogen (secondary N) is 1. The van der Waals surface area contributed by atoms with Crippen molar-refractivity contribution in [1.29, 1.82) is 0 Å². The van der Waals surface area contributed by atoms with Crippen LogP contribution in [0.2, 0.25) is 0 Å². The quantitative estimate of drug-likeness (QED) is 0.778. The highest BCUT2D eigenvalue weighted by Crippen LogP contribution is 2.24. The molecule has 3 aromatic rings. The molecule has 0 bridgehead atoms. The van der Waals surface area contributed by atoms with Crippen LogP contribution in [0.3, 0.4) is 0 Å². The van der Waals surface area contributed by atoms with Crippen molar-refractivity contribution in [1.82, 2.24) is 25.0 Å². The van der Waals surface area contributed by atoms with Gasteiger partial charge in [0.15, 0.2) is 5.82 Å². The predicted molar refractivity (Wildman–Crippen MR) is 75.2 cm³/mol. The Balaban J connectivity index is 1.81. The van der Waals surface area contributed by atoms with E-state index in [-0.39, 0.29) is 6.04 Å². The molecule has 104 valence electrons. The first-order valence-corrected chi connectivity index (χ1v) is 7.15. The van der Waals surface area contributed by atoms with E-state index in [1.165, 1.54) is 4.88 Å². The van der Waals surface area contributed by atoms with E-state index in [2.05, 4.69) is 31.9 Å². The first-order valence-electron chi connectivity index (χ1n) is 6.27. The van der Waals surface area contributed by atoms with Crippen molar-refractivity contribution in [2.45, 2.75) is 19.5 Å². The van der Waals surface area contributed by atoms with Crippen LogP contribution in [0.25, 0.3) is 0 Å². The first kappa shape index (κ1) is 13.0. The number of hydrogen-bond donors (Lipinski definition) is 1. The van der Waals surface area contributed by atoms with Gasteiger partial charge in [-0.3, -0.25) is 5.32 Å². The van der Waals surface area contributed by atoms with Crippen molar-refractivity contribution in [3.05, 3.63) is 52.3 Å². The lowest BCUT2D eigenvalue weighted by atomic mass is 10.2. The van der Waals surface area contributed by atoms with E-state index in [0.29, 0.717) is 18.3 Å². The van der Waals surface area contributed by atoms with Gasteiger partial charge in [-0.1, -0.05) is 11.2 Å². The van der Waals surface area contributed by atoms with Crippen molar-refractivity contribution in [2.24, 2.45) is 7.05 Å². The lowest BCUT2D eigenvalue weighted by Crippen LogP contribution is -2.24. The highest BCUT2D eigenvalue weighted by molar-refractivity contribution is 7.10. The Morgan fingerprint density at radius 2 is 2.40 bits per heavy atom. The SMILES string of the molecule is Cc1noc(CNC(c2cccs2)c2nccn2C)n1. The third-order valence-electron chi connectivity index (χ3n) is 2.97. The molecule has 1 unspecified atom stereocenters. The standard InChI is InChI=1S/C13H15N5OS/c1-9-16-11(19-17-9)8-15-12(10-4-3-7-20-10)13-14-5-6-18(13)2/h3-7,12,15H,8H2,1-2H3. The third kappa shape index (κ3) is 2.63. The molecule has 6 nitrogen and oxygen atoms in total. The van der Waals surface area contributed by atoms with Crippen molar-refractivity contribution in [3.63, 3.8) is 0 Å². The number of thiophene rings is 1. The summed E-state index contributed by atoms with van der Waals surface area (Å²) in [6, 6.07) is 4.15. The second kappa shape index (κ2) is 5.56. The van der Waals surface area contributed by atoms with Crippen molar-refractivity contribution in [3.8, 4) is 0 Å². The minimum absolute atomic E-state index is 0.0159. The fraction of sp³-hybridized carbons (Fsp3) is 0.308. The van der Waals surface area contributed by atoms with Gasteiger partial charge in [0.05, 0.1) is 6.54 Å². The summed E-state index contributed by atoms with van der Waals surface area (Å²) in [7, 11) is 1.99. The summed E-state index contributed by atoms with van der Waals surface area (Å²) in [5.41, 5.74) is 0. The van der Waals surface area contributed by atoms with E-state index in [9.17, 15) is 0 Å². The summed E-state index contributed by atoms with van der Waals surface area (Å²) in [6.07, 6.45) is 3.74. The van der Waals surface area contributed by atoms with Crippen LogP contribution in [-0.4, -0.2) is 19.7 Å². The van der Waals surface area contributed by atoms with Crippen LogP contribution in [-0.2, 0) is 13.6 Å². The molecule has 0 fully saturated rings. The Hall–Kier alpha value is -1.99. The molecule has 1 atom stereocenters. The van der Waals surface area contributed by atoms with Gasteiger partial charge in [-0.2, -0.15) is 4.98 Å². The third-order valence-corrected chi connectivity index (χ3v) is 3.91. The smallest absolute Gasteiger partial charge is 0.240 e. The van der Waals surface area contributed by atoms with Crippen LogP contribution in [0.15, 0.2) is 34.4 Å². The van der Waals surface area contributed by atoms with E-state index < -0.39 is 0 Å². The minimum Gasteiger partial charge on any atom is -0.338 e. The van der Waals surface area contributed by atoms with E-state index in [0.717, 1.165) is 5.82 Å². The number of hydrogen-bond acceptors (Lipinski definition) is 6. The lowest BCUT2D eigenvalue weighted by molar-refractivity contribution is 0.358. The van der Waals surface area contributed by atoms with Gasteiger partial charge in [0.25, 0.3) is 0 Å². The maximum Gasteiger partial charge on any atom is 0.240 e. The van der Waals surface area contributed by atoms with Crippen LogP contribution < -0.4 is 5.32 Å². The zero-order valence-electron chi connectivity index (χ0n) is 11.3. The van der Waals surface area contributed by atoms with Crippen LogP contribution in [0.4, 0.5) is 0 Å². The molecule has 0 aliphatic carbocycles. The van der Waals surface area contributed by atoms with Gasteiger partial charge in [0.2, 0.25) is 5.89 Å². The fourth-order valence-corrected chi connectivity index (χ4v) is 2.83. The average Bonchev–Trinajstić information content (AvgIpc) is 3.14. The summed E-state index contributed by atoms with van der Waals surface area (Å²) in [5, 5.41) is 9.28. The maximum atomic E-state index is 5.13. The molecule has 3 aromatic heterocycles. The van der Waals surface area contributed by atoms with Crippen molar-refractivity contribution < 1.29 is 4.52 Å². The largest absolute Gasteiger partial charge is 0.338 e. The molecular weight excluding hydrogens is 274 g/mol. The Labute approximate surface area is 120 Å². The Kier molecular flexibility index (Phi) is 3.62. The average molecular weight is 289 g/mol. The predicted octanol–water partition coefficient (Wildman–Crippen LogP) is 2.05. The molecule has 3 rings (SSSR count). The molecule has 0 radical (unpaired) electrons. The van der Waals surface area contributed by atoms with Crippen molar-refractivity contribution >= 4 is 11.3 Å². The Morgan fingerprint density at radius 3 is 3.00 bits per heavy atom. The topological polar surface area (TPSA) is 68.8 Å². The summed E-state index contributed by atoms with van der Waals surface area (Å²) in [5.74, 6) is 2.19. The molecule has 20 heavy (non-hydrogen) atoms. The van der Waals surface area contributed by atoms with Crippen LogP contribution >= 0.6 is 11.3 Å². The van der Waals surface area contributed by atoms with Crippen LogP contribution in [0, 0.1) is 6.92 Å². The van der Waals surface area contributed by atoms with Gasteiger partial charge in [-0.15, -0.1) is 11.3 Å². The molecule has 3 heterocycles. The minimum atomic E-state index is 0.0159. The highest BCUT2D eigenvalue weighted by Gasteiger charge is 2.19. The molecule has 0 aliphatic heterocycles. The summed E-state index contributed by atoms with van der Waals surface area (Å²) >= 11 is 1.70. The monoisotopic (exact) mass is 289 g/mol. The van der Waals surface area contributed by atoms with E-state index in [1.54, 1.807) is 17.5 Å². The maximum absolute atomic E-state index is 5.13. The molecule has 0 saturated heterocycles. The van der Waals surface area contributed by atoms with Gasteiger partial charge in [-0.25, -0.2) is 4.98 Å². The number of aryl methyl sites for hydroxylation is 2. The van der Waals surface area contributed by atoms with Gasteiger partial charge in [0.1, 0.15) is 11.9 Å². The summed E-state index contributed by atoms with van der Waals surface area (Å²) < 4.78 is 7.14. The summed E-state index contributed by atoms with van der Waals surface area (Å²) in [6.45, 7) is 2.32. The van der Waals surface area contributed by atoms with Gasteiger partial charge in [0, 0.05) is 24.3 Å². The molecule has 1 N–H and O–H groups in total. The highest BCUT2D eigenvalue weighted by atomic mass is 32.1. The van der Waals surface area contributed by atoms with Crippen molar-refractivity contribution in [2.75, 3.05) is 0 Å². The number of imidazole rings is 1.